The van der Waals surface area contributed by atoms with Crippen LogP contribution in [0.1, 0.15) is 92.1 Å². The van der Waals surface area contributed by atoms with Crippen LogP contribution in [0.5, 0.6) is 11.5 Å². The summed E-state index contributed by atoms with van der Waals surface area (Å²) in [5.41, 5.74) is 6.10. The van der Waals surface area contributed by atoms with Crippen molar-refractivity contribution < 1.29 is 47.6 Å². The number of hydrazone groups is 1. The SMILES string of the molecule is C=CC(=O)OCCCCOCC(COc1ccc(C(=O)Oc2ccc(C3CCC(CCC)CC3)cc2/C=N/Nc2nc3ccccc3s2)cc1)OC(=O)CCOC(=O)C=C. The average Bonchev–Trinajstić information content (AvgIpc) is 3.69. The molecule has 0 aliphatic heterocycles. The van der Waals surface area contributed by atoms with Crippen LogP contribution in [0, 0.1) is 5.92 Å². The van der Waals surface area contributed by atoms with Gasteiger partial charge in [0.15, 0.2) is 6.10 Å². The van der Waals surface area contributed by atoms with Crippen molar-refractivity contribution in [3.8, 4) is 11.5 Å². The largest absolute Gasteiger partial charge is 0.490 e. The molecule has 1 fully saturated rings. The zero-order valence-electron chi connectivity index (χ0n) is 34.0. The molecule has 1 atom stereocenters. The summed E-state index contributed by atoms with van der Waals surface area (Å²) in [5.74, 6) is -0.295. The number of unbranched alkanes of at least 4 members (excludes halogenated alkanes) is 1. The highest BCUT2D eigenvalue weighted by Gasteiger charge is 2.23. The van der Waals surface area contributed by atoms with Crippen LogP contribution in [0.25, 0.3) is 10.2 Å². The van der Waals surface area contributed by atoms with Gasteiger partial charge in [0.2, 0.25) is 5.13 Å². The Morgan fingerprint density at radius 3 is 2.37 bits per heavy atom. The smallest absolute Gasteiger partial charge is 0.343 e. The van der Waals surface area contributed by atoms with Crippen molar-refractivity contribution in [1.29, 1.82) is 0 Å². The van der Waals surface area contributed by atoms with Crippen LogP contribution in [0.2, 0.25) is 0 Å². The van der Waals surface area contributed by atoms with E-state index in [0.29, 0.717) is 53.1 Å². The molecule has 0 amide bonds. The van der Waals surface area contributed by atoms with Gasteiger partial charge in [-0.3, -0.25) is 10.2 Å². The maximum atomic E-state index is 13.5. The Labute approximate surface area is 354 Å². The molecule has 1 aliphatic carbocycles. The Kier molecular flexibility index (Phi) is 18.3. The minimum Gasteiger partial charge on any atom is -0.490 e. The molecule has 1 heterocycles. The molecule has 318 valence electrons. The van der Waals surface area contributed by atoms with Crippen molar-refractivity contribution in [1.82, 2.24) is 4.98 Å². The number of hydrogen-bond donors (Lipinski definition) is 1. The average molecular weight is 840 g/mol. The predicted molar refractivity (Wildman–Crippen MR) is 231 cm³/mol. The maximum absolute atomic E-state index is 13.5. The van der Waals surface area contributed by atoms with Gasteiger partial charge < -0.3 is 28.4 Å². The second kappa shape index (κ2) is 24.3. The van der Waals surface area contributed by atoms with E-state index in [4.69, 9.17) is 28.4 Å². The molecule has 60 heavy (non-hydrogen) atoms. The van der Waals surface area contributed by atoms with E-state index in [0.717, 1.165) is 41.1 Å². The Morgan fingerprint density at radius 1 is 0.900 bits per heavy atom. The highest BCUT2D eigenvalue weighted by Crippen LogP contribution is 2.38. The van der Waals surface area contributed by atoms with Crippen LogP contribution in [0.4, 0.5) is 5.13 Å². The van der Waals surface area contributed by atoms with Crippen molar-refractivity contribution in [2.24, 2.45) is 11.0 Å². The number of ether oxygens (including phenoxy) is 6. The van der Waals surface area contributed by atoms with Crippen molar-refractivity contribution in [2.45, 2.75) is 76.7 Å². The lowest BCUT2D eigenvalue weighted by molar-refractivity contribution is -0.156. The Balaban J connectivity index is 1.20. The summed E-state index contributed by atoms with van der Waals surface area (Å²) in [6.45, 7) is 9.29. The van der Waals surface area contributed by atoms with Crippen LogP contribution >= 0.6 is 11.3 Å². The van der Waals surface area contributed by atoms with E-state index >= 15 is 0 Å². The molecule has 1 aliphatic rings. The second-order valence-electron chi connectivity index (χ2n) is 14.3. The molecule has 1 saturated carbocycles. The number of carbonyl (C=O) groups is 4. The Morgan fingerprint density at radius 2 is 1.63 bits per heavy atom. The first kappa shape index (κ1) is 45.2. The topological polar surface area (TPSA) is 161 Å². The standard InChI is InChI=1S/C46H53N3O10S/c1-4-11-32-14-16-33(17-15-32)35-20-23-40(36(28-35)29-47-49-46-48-39-12-7-8-13-41(39)60-46)59-45(53)34-18-21-37(22-19-34)57-31-38(58-44(52)24-27-56-43(51)6-3)30-54-25-9-10-26-55-42(50)5-2/h5-8,12-13,18-23,28-29,32-33,38H,2-4,9-11,14-17,24-27,30-31H2,1H3,(H,48,49)/b47-29+. The molecular weight excluding hydrogens is 787 g/mol. The third-order valence-corrected chi connectivity index (χ3v) is 10.8. The molecule has 4 aromatic rings. The third kappa shape index (κ3) is 14.8. The lowest BCUT2D eigenvalue weighted by Crippen LogP contribution is -2.30. The van der Waals surface area contributed by atoms with Crippen LogP contribution in [0.15, 0.2) is 97.1 Å². The van der Waals surface area contributed by atoms with Crippen LogP contribution < -0.4 is 14.9 Å². The fraction of sp³-hybridized carbons (Fsp3) is 0.391. The molecule has 0 radical (unpaired) electrons. The number of aromatic nitrogens is 1. The number of hydrogen-bond acceptors (Lipinski definition) is 14. The van der Waals surface area contributed by atoms with Gasteiger partial charge in [-0.05, 0) is 104 Å². The van der Waals surface area contributed by atoms with Gasteiger partial charge in [-0.2, -0.15) is 5.10 Å². The van der Waals surface area contributed by atoms with E-state index in [1.54, 1.807) is 30.5 Å². The van der Waals surface area contributed by atoms with Gasteiger partial charge in [-0.15, -0.1) is 0 Å². The van der Waals surface area contributed by atoms with Gasteiger partial charge in [0.05, 0.1) is 41.6 Å². The number of anilines is 1. The molecule has 1 unspecified atom stereocenters. The van der Waals surface area contributed by atoms with Crippen molar-refractivity contribution in [3.63, 3.8) is 0 Å². The monoisotopic (exact) mass is 839 g/mol. The minimum atomic E-state index is -0.797. The molecule has 14 heteroatoms. The zero-order valence-corrected chi connectivity index (χ0v) is 34.8. The normalized spacial score (nSPS) is 15.5. The van der Waals surface area contributed by atoms with Gasteiger partial charge in [-0.1, -0.05) is 62.5 Å². The van der Waals surface area contributed by atoms with E-state index in [-0.39, 0.29) is 32.8 Å². The van der Waals surface area contributed by atoms with Gasteiger partial charge >= 0.3 is 23.9 Å². The van der Waals surface area contributed by atoms with Crippen LogP contribution in [-0.4, -0.2) is 74.2 Å². The summed E-state index contributed by atoms with van der Waals surface area (Å²) in [5, 5.41) is 5.14. The second-order valence-corrected chi connectivity index (χ2v) is 15.3. The molecule has 1 aromatic heterocycles. The number of para-hydroxylation sites is 1. The van der Waals surface area contributed by atoms with E-state index in [2.05, 4.69) is 41.7 Å². The number of thiazole rings is 1. The lowest BCUT2D eigenvalue weighted by Gasteiger charge is -2.29. The molecular formula is C46H53N3O10S. The highest BCUT2D eigenvalue weighted by atomic mass is 32.1. The first-order chi connectivity index (χ1) is 29.2. The van der Waals surface area contributed by atoms with Crippen molar-refractivity contribution in [2.75, 3.05) is 38.5 Å². The first-order valence-corrected chi connectivity index (χ1v) is 21.2. The van der Waals surface area contributed by atoms with E-state index < -0.39 is 30.0 Å². The summed E-state index contributed by atoms with van der Waals surface area (Å²) in [4.78, 5) is 53.2. The van der Waals surface area contributed by atoms with Gasteiger partial charge in [0, 0.05) is 24.3 Å². The Bertz CT molecular complexity index is 2040. The number of benzene rings is 3. The van der Waals surface area contributed by atoms with Crippen LogP contribution in [-0.2, 0) is 33.3 Å². The predicted octanol–water partition coefficient (Wildman–Crippen LogP) is 8.97. The number of nitrogens with one attached hydrogen (secondary N) is 1. The number of carbonyl (C=O) groups excluding carboxylic acids is 4. The number of esters is 4. The summed E-state index contributed by atoms with van der Waals surface area (Å²) in [7, 11) is 0. The summed E-state index contributed by atoms with van der Waals surface area (Å²) in [6.07, 6.45) is 11.1. The summed E-state index contributed by atoms with van der Waals surface area (Å²) >= 11 is 1.50. The van der Waals surface area contributed by atoms with Gasteiger partial charge in [0.1, 0.15) is 24.7 Å². The van der Waals surface area contributed by atoms with E-state index in [9.17, 15) is 19.2 Å². The van der Waals surface area contributed by atoms with Crippen molar-refractivity contribution in [3.05, 3.63) is 109 Å². The fourth-order valence-electron chi connectivity index (χ4n) is 6.73. The third-order valence-electron chi connectivity index (χ3n) is 9.85. The lowest BCUT2D eigenvalue weighted by atomic mass is 9.77. The first-order valence-electron chi connectivity index (χ1n) is 20.3. The summed E-state index contributed by atoms with van der Waals surface area (Å²) in [6, 6.07) is 20.3. The molecule has 3 aromatic carbocycles. The molecule has 5 rings (SSSR count). The quantitative estimate of drug-likeness (QED) is 0.0136. The Hall–Kier alpha value is -5.86. The number of fused-ring (bicyclic) bond motifs is 1. The van der Waals surface area contributed by atoms with Crippen LogP contribution in [0.3, 0.4) is 0 Å². The minimum absolute atomic E-state index is 0.0235. The van der Waals surface area contributed by atoms with Crippen molar-refractivity contribution >= 4 is 56.8 Å². The summed E-state index contributed by atoms with van der Waals surface area (Å²) < 4.78 is 34.0. The van der Waals surface area contributed by atoms with E-state index in [1.165, 1.54) is 42.6 Å². The highest BCUT2D eigenvalue weighted by molar-refractivity contribution is 7.22. The number of rotatable bonds is 24. The molecule has 13 nitrogen and oxygen atoms in total. The molecule has 0 saturated heterocycles. The van der Waals surface area contributed by atoms with Gasteiger partial charge in [0.25, 0.3) is 0 Å². The van der Waals surface area contributed by atoms with Gasteiger partial charge in [-0.25, -0.2) is 19.4 Å². The zero-order chi connectivity index (χ0) is 42.5. The molecule has 1 N–H and O–H groups in total. The fourth-order valence-corrected chi connectivity index (χ4v) is 7.54. The number of nitrogens with zero attached hydrogens (tertiary/aromatic N) is 2. The van der Waals surface area contributed by atoms with E-state index in [1.807, 2.05) is 36.4 Å². The maximum Gasteiger partial charge on any atom is 0.343 e. The molecule has 0 bridgehead atoms. The molecule has 0 spiro atoms.